The zero-order valence-electron chi connectivity index (χ0n) is 21.6. The average Bonchev–Trinajstić information content (AvgIpc) is 2.80. The molecule has 0 aromatic carbocycles. The van der Waals surface area contributed by atoms with Crippen LogP contribution >= 0.6 is 0 Å². The Labute approximate surface area is 217 Å². The molecule has 2 heterocycles. The van der Waals surface area contributed by atoms with Gasteiger partial charge in [-0.1, -0.05) is 0 Å². The largest absolute Gasteiger partial charge is 0.397 e. The number of likely N-dealkylation sites (N-methyl/N-ethyl adjacent to an activating group) is 2. The summed E-state index contributed by atoms with van der Waals surface area (Å²) in [6, 6.07) is -3.08. The van der Waals surface area contributed by atoms with Crippen LogP contribution in [0.25, 0.3) is 0 Å². The van der Waals surface area contributed by atoms with Crippen LogP contribution in [0.15, 0.2) is 0 Å². The third-order valence-electron chi connectivity index (χ3n) is 7.45. The lowest BCUT2D eigenvalue weighted by atomic mass is 9.84. The summed E-state index contributed by atoms with van der Waals surface area (Å²) in [6.45, 7) is 3.24. The Morgan fingerprint density at radius 1 is 1.03 bits per heavy atom. The summed E-state index contributed by atoms with van der Waals surface area (Å²) in [7, 11) is -1.66. The molecule has 3 fully saturated rings. The number of aliphatic hydroxyl groups excluding tert-OH is 1. The maximum absolute atomic E-state index is 11.8. The van der Waals surface area contributed by atoms with Crippen molar-refractivity contribution in [1.29, 1.82) is 0 Å². The van der Waals surface area contributed by atoms with E-state index in [0.29, 0.717) is 12.8 Å². The Hall–Kier alpha value is -0.570. The van der Waals surface area contributed by atoms with Gasteiger partial charge in [-0.25, -0.2) is 4.18 Å². The minimum absolute atomic E-state index is 0.00438. The van der Waals surface area contributed by atoms with Crippen molar-refractivity contribution in [3.63, 3.8) is 0 Å². The van der Waals surface area contributed by atoms with Gasteiger partial charge in [-0.15, -0.1) is 0 Å². The molecule has 2 aliphatic heterocycles. The summed E-state index contributed by atoms with van der Waals surface area (Å²) in [5.41, 5.74) is 17.4. The number of rotatable bonds is 9. The van der Waals surface area contributed by atoms with Gasteiger partial charge in [0.2, 0.25) is 0 Å². The van der Waals surface area contributed by atoms with Crippen molar-refractivity contribution < 1.29 is 46.3 Å². The molecule has 0 aromatic rings. The number of aliphatic hydroxyl groups is 2. The van der Waals surface area contributed by atoms with Crippen LogP contribution in [-0.4, -0.2) is 123 Å². The Balaban J connectivity index is 1.85. The summed E-state index contributed by atoms with van der Waals surface area (Å²) in [6.07, 6.45) is -6.40. The molecule has 0 amide bonds. The summed E-state index contributed by atoms with van der Waals surface area (Å²) in [5, 5.41) is 27.3. The molecule has 16 heteroatoms. The summed E-state index contributed by atoms with van der Waals surface area (Å²) < 4.78 is 61.9. The first kappa shape index (κ1) is 31.0. The molecule has 2 saturated heterocycles. The fourth-order valence-corrected chi connectivity index (χ4v) is 5.76. The highest BCUT2D eigenvalue weighted by Gasteiger charge is 2.52. The first-order chi connectivity index (χ1) is 17.2. The Morgan fingerprint density at radius 3 is 2.16 bits per heavy atom. The molecule has 1 saturated carbocycles. The van der Waals surface area contributed by atoms with E-state index < -0.39 is 77.2 Å². The molecule has 0 aromatic heterocycles. The Kier molecular flexibility index (Phi) is 10.3. The van der Waals surface area contributed by atoms with Crippen molar-refractivity contribution in [3.8, 4) is 0 Å². The minimum atomic E-state index is -5.02. The van der Waals surface area contributed by atoms with E-state index in [1.165, 1.54) is 6.92 Å². The number of nitrogens with two attached hydrogens (primary N) is 3. The van der Waals surface area contributed by atoms with Gasteiger partial charge in [-0.3, -0.25) is 4.55 Å². The van der Waals surface area contributed by atoms with Gasteiger partial charge in [-0.05, 0) is 47.2 Å². The van der Waals surface area contributed by atoms with Crippen LogP contribution in [0.2, 0.25) is 0 Å². The van der Waals surface area contributed by atoms with Crippen molar-refractivity contribution >= 4 is 10.4 Å². The smallest absolute Gasteiger partial charge is 0.386 e. The number of nitrogens with one attached hydrogen (secondary N) is 2. The SMILES string of the molecule is CNC(C)C1CCC(N)C(OC2C(N)CC(N)C(OC3OCC(C)(O)C(NC)C3O)C2OS(=O)(=O)O)O1. The molecule has 15 nitrogen and oxygen atoms in total. The third-order valence-corrected chi connectivity index (χ3v) is 7.91. The highest BCUT2D eigenvalue weighted by molar-refractivity contribution is 7.80. The quantitative estimate of drug-likeness (QED) is 0.128. The Morgan fingerprint density at radius 2 is 1.62 bits per heavy atom. The van der Waals surface area contributed by atoms with E-state index in [1.807, 2.05) is 6.92 Å². The van der Waals surface area contributed by atoms with Gasteiger partial charge >= 0.3 is 10.4 Å². The summed E-state index contributed by atoms with van der Waals surface area (Å²) in [4.78, 5) is 0. The predicted octanol–water partition coefficient (Wildman–Crippen LogP) is -3.50. The van der Waals surface area contributed by atoms with Gasteiger partial charge in [0.1, 0.15) is 30.0 Å². The maximum Gasteiger partial charge on any atom is 0.397 e. The zero-order chi connectivity index (χ0) is 27.7. The second-order valence-corrected chi connectivity index (χ2v) is 11.5. The predicted molar refractivity (Wildman–Crippen MR) is 130 cm³/mol. The van der Waals surface area contributed by atoms with Gasteiger partial charge in [0.05, 0.1) is 24.8 Å². The molecular weight excluding hydrogens is 514 g/mol. The van der Waals surface area contributed by atoms with Crippen molar-refractivity contribution in [2.24, 2.45) is 17.2 Å². The van der Waals surface area contributed by atoms with E-state index in [-0.39, 0.29) is 25.2 Å². The lowest BCUT2D eigenvalue weighted by Crippen LogP contribution is -2.69. The molecule has 13 atom stereocenters. The third kappa shape index (κ3) is 7.34. The van der Waals surface area contributed by atoms with Gasteiger partial charge < -0.3 is 57.0 Å². The molecule has 11 N–H and O–H groups in total. The van der Waals surface area contributed by atoms with E-state index in [1.54, 1.807) is 14.1 Å². The first-order valence-corrected chi connectivity index (χ1v) is 13.8. The fourth-order valence-electron chi connectivity index (χ4n) is 5.26. The van der Waals surface area contributed by atoms with Crippen LogP contribution in [0.1, 0.15) is 33.1 Å². The molecule has 0 bridgehead atoms. The van der Waals surface area contributed by atoms with Gasteiger partial charge in [-0.2, -0.15) is 8.42 Å². The lowest BCUT2D eigenvalue weighted by Gasteiger charge is -2.49. The Bertz CT molecular complexity index is 854. The number of ether oxygens (including phenoxy) is 4. The van der Waals surface area contributed by atoms with Crippen molar-refractivity contribution in [2.45, 2.75) is 112 Å². The molecule has 3 rings (SSSR count). The van der Waals surface area contributed by atoms with Gasteiger partial charge in [0, 0.05) is 18.1 Å². The lowest BCUT2D eigenvalue weighted by molar-refractivity contribution is -0.305. The monoisotopic (exact) mass is 557 g/mol. The molecular formula is C21H43N5O10S. The topological polar surface area (TPSA) is 243 Å². The number of hydrogen-bond donors (Lipinski definition) is 8. The normalized spacial score (nSPS) is 46.5. The van der Waals surface area contributed by atoms with Crippen molar-refractivity contribution in [3.05, 3.63) is 0 Å². The van der Waals surface area contributed by atoms with Gasteiger partial charge in [0.15, 0.2) is 12.6 Å². The van der Waals surface area contributed by atoms with E-state index in [4.69, 9.17) is 40.3 Å². The van der Waals surface area contributed by atoms with Crippen LogP contribution in [0, 0.1) is 0 Å². The zero-order valence-corrected chi connectivity index (χ0v) is 22.4. The maximum atomic E-state index is 11.8. The summed E-state index contributed by atoms with van der Waals surface area (Å²) in [5.74, 6) is 0. The highest BCUT2D eigenvalue weighted by atomic mass is 32.3. The second kappa shape index (κ2) is 12.3. The van der Waals surface area contributed by atoms with Crippen molar-refractivity contribution in [2.75, 3.05) is 20.7 Å². The number of hydrogen-bond acceptors (Lipinski definition) is 14. The molecule has 0 spiro atoms. The van der Waals surface area contributed by atoms with Crippen molar-refractivity contribution in [1.82, 2.24) is 10.6 Å². The summed E-state index contributed by atoms with van der Waals surface area (Å²) >= 11 is 0. The molecule has 1 aliphatic carbocycles. The highest BCUT2D eigenvalue weighted by Crippen LogP contribution is 2.33. The van der Waals surface area contributed by atoms with Crippen LogP contribution in [-0.2, 0) is 33.5 Å². The van der Waals surface area contributed by atoms with Crippen LogP contribution in [0.5, 0.6) is 0 Å². The van der Waals surface area contributed by atoms with E-state index in [9.17, 15) is 23.2 Å². The first-order valence-electron chi connectivity index (χ1n) is 12.4. The fraction of sp³-hybridized carbons (Fsp3) is 1.00. The van der Waals surface area contributed by atoms with Crippen LogP contribution < -0.4 is 27.8 Å². The van der Waals surface area contributed by atoms with E-state index in [0.717, 1.165) is 0 Å². The van der Waals surface area contributed by atoms with Crippen LogP contribution in [0.4, 0.5) is 0 Å². The van der Waals surface area contributed by atoms with Gasteiger partial charge in [0.25, 0.3) is 0 Å². The molecule has 218 valence electrons. The minimum Gasteiger partial charge on any atom is -0.386 e. The average molecular weight is 558 g/mol. The van der Waals surface area contributed by atoms with E-state index >= 15 is 0 Å². The molecule has 37 heavy (non-hydrogen) atoms. The van der Waals surface area contributed by atoms with E-state index in [2.05, 4.69) is 10.6 Å². The molecule has 13 unspecified atom stereocenters. The molecule has 3 aliphatic rings. The standard InChI is InChI=1S/C21H43N5O10S/c1-9(25-3)13-6-5-10(22)19(33-13)34-15-11(23)7-12(24)16(17(15)36-37(29,30)31)35-20-14(27)18(26-4)21(2,28)8-32-20/h9-20,25-28H,5-8,22-24H2,1-4H3,(H,29,30,31). The van der Waals surface area contributed by atoms with Crippen LogP contribution in [0.3, 0.4) is 0 Å². The second-order valence-electron chi connectivity index (χ2n) is 10.4. The molecule has 0 radical (unpaired) electrons.